The third-order valence-corrected chi connectivity index (χ3v) is 11.7. The van der Waals surface area contributed by atoms with Crippen molar-refractivity contribution >= 4 is 79.8 Å². The number of phenolic OH excluding ortho intramolecular Hbond substituents is 1. The molecule has 7 rings (SSSR count). The number of hydrogen-bond acceptors (Lipinski definition) is 7. The number of carbonyl (C=O) groups excluding carboxylic acids is 4. The molecule has 0 radical (unpaired) electrons. The molecule has 9 nitrogen and oxygen atoms in total. The molecule has 12 heteroatoms. The first kappa shape index (κ1) is 30.8. The van der Waals surface area contributed by atoms with E-state index in [1.807, 2.05) is 36.4 Å². The van der Waals surface area contributed by atoms with Gasteiger partial charge in [-0.05, 0) is 61.2 Å². The van der Waals surface area contributed by atoms with Crippen LogP contribution in [-0.2, 0) is 19.2 Å². The van der Waals surface area contributed by atoms with Gasteiger partial charge in [-0.1, -0.05) is 51.8 Å². The second-order valence-corrected chi connectivity index (χ2v) is 13.7. The molecule has 0 bridgehead atoms. The van der Waals surface area contributed by atoms with Crippen LogP contribution in [0, 0.1) is 17.8 Å². The smallest absolute Gasteiger partial charge is 0.254 e. The van der Waals surface area contributed by atoms with E-state index in [-0.39, 0.29) is 35.5 Å². The summed E-state index contributed by atoms with van der Waals surface area (Å²) in [5.74, 6) is -5.31. The number of para-hydroxylation sites is 1. The monoisotopic (exact) mass is 723 g/mol. The van der Waals surface area contributed by atoms with Gasteiger partial charge in [0.25, 0.3) is 11.8 Å². The van der Waals surface area contributed by atoms with Crippen LogP contribution in [-0.4, -0.2) is 55.9 Å². The van der Waals surface area contributed by atoms with E-state index in [9.17, 15) is 24.3 Å². The number of methoxy groups -OCH3 is 1. The SMILES string of the molecule is COc1ccc([C@H]2C3=CC[C@@H]4C(=O)N(c5ccc(Nc6ccccc6)cc5)C(=O)[C@@H]4[C@@H]3C[C@@]3(Cl)C(=O)N(CBr)C(=O)[C@@]23Cl)c(O)c1. The van der Waals surface area contributed by atoms with Crippen LogP contribution in [0.15, 0.2) is 84.4 Å². The average molecular weight is 725 g/mol. The molecule has 1 saturated carbocycles. The number of anilines is 3. The number of phenols is 1. The number of carbonyl (C=O) groups is 4. The van der Waals surface area contributed by atoms with Crippen LogP contribution < -0.4 is 15.0 Å². The van der Waals surface area contributed by atoms with Gasteiger partial charge in [0.2, 0.25) is 11.8 Å². The van der Waals surface area contributed by atoms with Crippen molar-refractivity contribution in [1.82, 2.24) is 4.90 Å². The van der Waals surface area contributed by atoms with Crippen molar-refractivity contribution in [2.75, 3.05) is 22.8 Å². The summed E-state index contributed by atoms with van der Waals surface area (Å²) in [4.78, 5) is 54.1. The molecule has 2 heterocycles. The highest BCUT2D eigenvalue weighted by Crippen LogP contribution is 2.66. The maximum Gasteiger partial charge on any atom is 0.254 e. The number of ether oxygens (including phenoxy) is 1. The Morgan fingerprint density at radius 1 is 0.935 bits per heavy atom. The lowest BCUT2D eigenvalue weighted by molar-refractivity contribution is -0.138. The maximum atomic E-state index is 14.3. The zero-order valence-electron chi connectivity index (χ0n) is 24.5. The van der Waals surface area contributed by atoms with E-state index < -0.39 is 51.1 Å². The molecule has 3 aromatic rings. The molecule has 0 unspecified atom stereocenters. The Hall–Kier alpha value is -3.86. The van der Waals surface area contributed by atoms with Gasteiger partial charge in [-0.2, -0.15) is 0 Å². The van der Waals surface area contributed by atoms with Crippen LogP contribution in [0.2, 0.25) is 0 Å². The number of likely N-dealkylation sites (tertiary alicyclic amines) is 1. The molecule has 46 heavy (non-hydrogen) atoms. The molecule has 6 atom stereocenters. The van der Waals surface area contributed by atoms with Crippen molar-refractivity contribution in [2.24, 2.45) is 17.8 Å². The van der Waals surface area contributed by atoms with Gasteiger partial charge in [0, 0.05) is 28.9 Å². The minimum Gasteiger partial charge on any atom is -0.508 e. The first-order valence-corrected chi connectivity index (χ1v) is 16.6. The van der Waals surface area contributed by atoms with Crippen molar-refractivity contribution in [2.45, 2.75) is 28.5 Å². The molecular formula is C34H28BrCl2N3O6. The van der Waals surface area contributed by atoms with Crippen molar-refractivity contribution < 1.29 is 29.0 Å². The summed E-state index contributed by atoms with van der Waals surface area (Å²) < 4.78 is 5.26. The van der Waals surface area contributed by atoms with Crippen molar-refractivity contribution in [3.63, 3.8) is 0 Å². The molecule has 3 aromatic carbocycles. The summed E-state index contributed by atoms with van der Waals surface area (Å²) in [5, 5.41) is 14.5. The Morgan fingerprint density at radius 3 is 2.28 bits per heavy atom. The van der Waals surface area contributed by atoms with Crippen LogP contribution in [0.4, 0.5) is 17.1 Å². The topological polar surface area (TPSA) is 116 Å². The Morgan fingerprint density at radius 2 is 1.63 bits per heavy atom. The first-order chi connectivity index (χ1) is 22.0. The molecule has 2 saturated heterocycles. The number of halogens is 3. The summed E-state index contributed by atoms with van der Waals surface area (Å²) >= 11 is 17.7. The van der Waals surface area contributed by atoms with E-state index in [1.165, 1.54) is 18.1 Å². The Labute approximate surface area is 283 Å². The molecule has 2 N–H and O–H groups in total. The molecular weight excluding hydrogens is 697 g/mol. The predicted molar refractivity (Wildman–Crippen MR) is 177 cm³/mol. The average Bonchev–Trinajstić information content (AvgIpc) is 3.39. The number of benzene rings is 3. The number of allylic oxidation sites excluding steroid dienone is 2. The van der Waals surface area contributed by atoms with Gasteiger partial charge in [-0.15, -0.1) is 23.2 Å². The second kappa shape index (κ2) is 11.1. The van der Waals surface area contributed by atoms with Gasteiger partial charge >= 0.3 is 0 Å². The lowest BCUT2D eigenvalue weighted by Crippen LogP contribution is -2.60. The maximum absolute atomic E-state index is 14.3. The van der Waals surface area contributed by atoms with Gasteiger partial charge in [-0.3, -0.25) is 29.0 Å². The number of rotatable bonds is 6. The molecule has 4 aliphatic rings. The Kier molecular flexibility index (Phi) is 7.45. The lowest BCUT2D eigenvalue weighted by atomic mass is 9.56. The normalized spacial score (nSPS) is 30.1. The minimum atomic E-state index is -2.01. The fourth-order valence-electron chi connectivity index (χ4n) is 7.63. The summed E-state index contributed by atoms with van der Waals surface area (Å²) in [6, 6.07) is 21.2. The number of hydrogen-bond donors (Lipinski definition) is 2. The standard InChI is InChI=1S/C34H28BrCl2N3O6/c1-46-21-11-12-23(26(41)15-21)28-22-13-14-24-27(25(22)16-33(36)31(44)39(17-35)32(45)34(28,33)37)30(43)40(29(24)42)20-9-7-19(8-10-20)38-18-5-3-2-4-6-18/h2-13,15,24-25,27-28,38,41H,14,16-17H2,1H3/t24-,25+,27-,28+,33+,34-/m0/s1. The third kappa shape index (κ3) is 4.26. The van der Waals surface area contributed by atoms with E-state index in [2.05, 4.69) is 21.2 Å². The third-order valence-electron chi connectivity index (χ3n) is 9.75. The molecule has 3 fully saturated rings. The molecule has 4 amide bonds. The number of alkyl halides is 3. The number of nitrogens with zero attached hydrogens (tertiary/aromatic N) is 2. The number of fused-ring (bicyclic) bond motifs is 4. The van der Waals surface area contributed by atoms with Gasteiger partial charge in [0.15, 0.2) is 9.75 Å². The van der Waals surface area contributed by atoms with Crippen molar-refractivity contribution in [3.8, 4) is 11.5 Å². The molecule has 236 valence electrons. The zero-order chi connectivity index (χ0) is 32.5. The second-order valence-electron chi connectivity index (χ2n) is 12.0. The largest absolute Gasteiger partial charge is 0.508 e. The van der Waals surface area contributed by atoms with Gasteiger partial charge in [0.05, 0.1) is 30.1 Å². The zero-order valence-corrected chi connectivity index (χ0v) is 27.6. The Bertz CT molecular complexity index is 1820. The van der Waals surface area contributed by atoms with Crippen LogP contribution in [0.5, 0.6) is 11.5 Å². The van der Waals surface area contributed by atoms with E-state index in [1.54, 1.807) is 36.4 Å². The number of nitrogens with one attached hydrogen (secondary N) is 1. The van der Waals surface area contributed by atoms with E-state index in [4.69, 9.17) is 27.9 Å². The number of imide groups is 2. The van der Waals surface area contributed by atoms with Crippen molar-refractivity contribution in [1.29, 1.82) is 0 Å². The molecule has 2 aliphatic heterocycles. The van der Waals surface area contributed by atoms with E-state index >= 15 is 0 Å². The quantitative estimate of drug-likeness (QED) is 0.138. The van der Waals surface area contributed by atoms with Crippen LogP contribution in [0.3, 0.4) is 0 Å². The van der Waals surface area contributed by atoms with Gasteiger partial charge < -0.3 is 15.2 Å². The van der Waals surface area contributed by atoms with Crippen LogP contribution in [0.1, 0.15) is 24.3 Å². The number of aromatic hydroxyl groups is 1. The fraction of sp³-hybridized carbons (Fsp3) is 0.294. The van der Waals surface area contributed by atoms with Gasteiger partial charge in [0.1, 0.15) is 11.5 Å². The molecule has 0 spiro atoms. The fourth-order valence-corrected chi connectivity index (χ4v) is 9.05. The lowest BCUT2D eigenvalue weighted by Gasteiger charge is -2.50. The van der Waals surface area contributed by atoms with Crippen LogP contribution in [0.25, 0.3) is 0 Å². The molecule has 2 aliphatic carbocycles. The number of amides is 4. The highest BCUT2D eigenvalue weighted by atomic mass is 79.9. The highest BCUT2D eigenvalue weighted by molar-refractivity contribution is 9.09. The Balaban J connectivity index is 1.28. The summed E-state index contributed by atoms with van der Waals surface area (Å²) in [6.07, 6.45) is 1.90. The van der Waals surface area contributed by atoms with Crippen LogP contribution >= 0.6 is 39.1 Å². The minimum absolute atomic E-state index is 0.134. The summed E-state index contributed by atoms with van der Waals surface area (Å²) in [5.41, 5.74) is 2.83. The predicted octanol–water partition coefficient (Wildman–Crippen LogP) is 6.06. The summed E-state index contributed by atoms with van der Waals surface area (Å²) in [6.45, 7) is 0. The van der Waals surface area contributed by atoms with E-state index in [0.29, 0.717) is 17.0 Å². The van der Waals surface area contributed by atoms with E-state index in [0.717, 1.165) is 16.3 Å². The molecule has 0 aromatic heterocycles. The van der Waals surface area contributed by atoms with Gasteiger partial charge in [-0.25, -0.2) is 0 Å². The highest BCUT2D eigenvalue weighted by Gasteiger charge is 2.76. The summed E-state index contributed by atoms with van der Waals surface area (Å²) in [7, 11) is 1.45. The van der Waals surface area contributed by atoms with Crippen molar-refractivity contribution in [3.05, 3.63) is 90.0 Å². The first-order valence-electron chi connectivity index (χ1n) is 14.7.